The van der Waals surface area contributed by atoms with Gasteiger partial charge < -0.3 is 11.1 Å². The van der Waals surface area contributed by atoms with Crippen LogP contribution in [0.15, 0.2) is 12.1 Å². The van der Waals surface area contributed by atoms with E-state index in [4.69, 9.17) is 5.73 Å². The lowest BCUT2D eigenvalue weighted by Crippen LogP contribution is -2.34. The van der Waals surface area contributed by atoms with E-state index < -0.39 is 0 Å². The van der Waals surface area contributed by atoms with Gasteiger partial charge in [-0.15, -0.1) is 0 Å². The number of nitrogens with two attached hydrogens (primary N) is 1. The van der Waals surface area contributed by atoms with E-state index in [-0.39, 0.29) is 11.9 Å². The van der Waals surface area contributed by atoms with Gasteiger partial charge in [-0.3, -0.25) is 4.79 Å². The van der Waals surface area contributed by atoms with E-state index in [1.165, 1.54) is 12.8 Å². The maximum absolute atomic E-state index is 12.3. The molecular weight excluding hydrogens is 250 g/mol. The highest BCUT2D eigenvalue weighted by molar-refractivity contribution is 5.95. The Morgan fingerprint density at radius 3 is 2.80 bits per heavy atom. The zero-order valence-electron chi connectivity index (χ0n) is 12.5. The van der Waals surface area contributed by atoms with Crippen molar-refractivity contribution in [2.75, 3.05) is 5.73 Å². The average Bonchev–Trinajstić information content (AvgIpc) is 3.21. The van der Waals surface area contributed by atoms with E-state index in [1.807, 2.05) is 6.07 Å². The number of anilines is 1. The second-order valence-corrected chi connectivity index (χ2v) is 5.78. The molecule has 20 heavy (non-hydrogen) atoms. The first-order valence-electron chi connectivity index (χ1n) is 7.69. The van der Waals surface area contributed by atoms with Gasteiger partial charge in [-0.1, -0.05) is 33.1 Å². The van der Waals surface area contributed by atoms with Gasteiger partial charge in [0.25, 0.3) is 5.91 Å². The number of pyridine rings is 1. The Hall–Kier alpha value is -1.58. The lowest BCUT2D eigenvalue weighted by atomic mass is 10.1. The van der Waals surface area contributed by atoms with Crippen LogP contribution in [0.1, 0.15) is 62.0 Å². The summed E-state index contributed by atoms with van der Waals surface area (Å²) in [6, 6.07) is 3.80. The fraction of sp³-hybridized carbons (Fsp3) is 0.625. The third-order valence-corrected chi connectivity index (χ3v) is 3.81. The maximum Gasteiger partial charge on any atom is 0.251 e. The van der Waals surface area contributed by atoms with Crippen LogP contribution < -0.4 is 11.1 Å². The first-order chi connectivity index (χ1) is 9.62. The smallest absolute Gasteiger partial charge is 0.251 e. The highest BCUT2D eigenvalue weighted by atomic mass is 16.1. The van der Waals surface area contributed by atoms with Gasteiger partial charge in [-0.2, -0.15) is 0 Å². The summed E-state index contributed by atoms with van der Waals surface area (Å²) in [6.07, 6.45) is 6.56. The average molecular weight is 275 g/mol. The Bertz CT molecular complexity index is 469. The number of rotatable bonds is 7. The summed E-state index contributed by atoms with van der Waals surface area (Å²) in [7, 11) is 0. The van der Waals surface area contributed by atoms with Crippen LogP contribution in [-0.4, -0.2) is 16.9 Å². The zero-order chi connectivity index (χ0) is 14.5. The molecule has 0 bridgehead atoms. The van der Waals surface area contributed by atoms with Gasteiger partial charge in [-0.25, -0.2) is 4.98 Å². The Balaban J connectivity index is 2.02. The third-order valence-electron chi connectivity index (χ3n) is 3.81. The predicted molar refractivity (Wildman–Crippen MR) is 81.5 cm³/mol. The minimum atomic E-state index is -0.0241. The maximum atomic E-state index is 12.3. The van der Waals surface area contributed by atoms with Crippen molar-refractivity contribution >= 4 is 11.7 Å². The lowest BCUT2D eigenvalue weighted by Gasteiger charge is -2.17. The van der Waals surface area contributed by atoms with Crippen LogP contribution in [0.4, 0.5) is 5.82 Å². The van der Waals surface area contributed by atoms with E-state index in [1.54, 1.807) is 6.07 Å². The zero-order valence-corrected chi connectivity index (χ0v) is 12.5. The van der Waals surface area contributed by atoms with Crippen molar-refractivity contribution in [3.8, 4) is 0 Å². The molecule has 110 valence electrons. The second kappa shape index (κ2) is 6.73. The molecule has 0 aliphatic heterocycles. The van der Waals surface area contributed by atoms with Crippen LogP contribution in [0, 0.1) is 5.92 Å². The summed E-state index contributed by atoms with van der Waals surface area (Å²) in [5.41, 5.74) is 7.32. The van der Waals surface area contributed by atoms with Gasteiger partial charge in [0.2, 0.25) is 0 Å². The molecule has 0 radical (unpaired) electrons. The van der Waals surface area contributed by atoms with Crippen LogP contribution in [0.2, 0.25) is 0 Å². The third kappa shape index (κ3) is 4.22. The van der Waals surface area contributed by atoms with E-state index in [2.05, 4.69) is 24.1 Å². The van der Waals surface area contributed by atoms with E-state index in [0.29, 0.717) is 11.4 Å². The predicted octanol–water partition coefficient (Wildman–Crippen LogP) is 2.92. The van der Waals surface area contributed by atoms with Gasteiger partial charge in [0, 0.05) is 17.3 Å². The van der Waals surface area contributed by atoms with E-state index in [9.17, 15) is 4.79 Å². The minimum absolute atomic E-state index is 0.0241. The molecule has 1 fully saturated rings. The van der Waals surface area contributed by atoms with Crippen molar-refractivity contribution in [1.82, 2.24) is 10.3 Å². The second-order valence-electron chi connectivity index (χ2n) is 5.78. The summed E-state index contributed by atoms with van der Waals surface area (Å²) in [5, 5.41) is 3.13. The monoisotopic (exact) mass is 275 g/mol. The van der Waals surface area contributed by atoms with Gasteiger partial charge in [0.15, 0.2) is 0 Å². The number of nitrogens with zero attached hydrogens (tertiary/aromatic N) is 1. The normalized spacial score (nSPS) is 15.9. The summed E-state index contributed by atoms with van der Waals surface area (Å²) >= 11 is 0. The molecule has 1 aromatic rings. The van der Waals surface area contributed by atoms with Crippen LogP contribution >= 0.6 is 0 Å². The Kier molecular flexibility index (Phi) is 4.99. The quantitative estimate of drug-likeness (QED) is 0.804. The Morgan fingerprint density at radius 2 is 2.20 bits per heavy atom. The summed E-state index contributed by atoms with van der Waals surface area (Å²) in [4.78, 5) is 16.6. The van der Waals surface area contributed by atoms with Gasteiger partial charge >= 0.3 is 0 Å². The van der Waals surface area contributed by atoms with Gasteiger partial charge in [0.05, 0.1) is 0 Å². The van der Waals surface area contributed by atoms with Crippen molar-refractivity contribution < 1.29 is 4.79 Å². The van der Waals surface area contributed by atoms with Gasteiger partial charge in [-0.05, 0) is 37.3 Å². The standard InChI is InChI=1S/C16H25N3O/c1-3-5-14-9-12(10-15(17)18-14)16(20)19-13(4-2)8-11-6-7-11/h9-11,13H,3-8H2,1-2H3,(H2,17,18)(H,19,20). The first kappa shape index (κ1) is 14.8. The molecule has 1 aliphatic rings. The van der Waals surface area contributed by atoms with E-state index in [0.717, 1.165) is 37.3 Å². The molecule has 4 nitrogen and oxygen atoms in total. The number of nitrogen functional groups attached to an aromatic ring is 1. The van der Waals surface area contributed by atoms with Crippen LogP contribution in [0.5, 0.6) is 0 Å². The molecule has 0 spiro atoms. The molecule has 2 rings (SSSR count). The topological polar surface area (TPSA) is 68.0 Å². The molecule has 0 saturated heterocycles. The Morgan fingerprint density at radius 1 is 1.45 bits per heavy atom. The molecule has 1 heterocycles. The van der Waals surface area contributed by atoms with Crippen LogP contribution in [0.25, 0.3) is 0 Å². The van der Waals surface area contributed by atoms with Crippen molar-refractivity contribution in [2.24, 2.45) is 5.92 Å². The Labute approximate surface area is 121 Å². The molecule has 1 saturated carbocycles. The van der Waals surface area contributed by atoms with Crippen molar-refractivity contribution in [3.05, 3.63) is 23.4 Å². The molecule has 4 heteroatoms. The van der Waals surface area contributed by atoms with Crippen molar-refractivity contribution in [1.29, 1.82) is 0 Å². The summed E-state index contributed by atoms with van der Waals surface area (Å²) in [5.74, 6) is 1.22. The summed E-state index contributed by atoms with van der Waals surface area (Å²) < 4.78 is 0. The fourth-order valence-electron chi connectivity index (χ4n) is 2.48. The van der Waals surface area contributed by atoms with E-state index >= 15 is 0 Å². The highest BCUT2D eigenvalue weighted by Gasteiger charge is 2.25. The number of aromatic nitrogens is 1. The fourth-order valence-corrected chi connectivity index (χ4v) is 2.48. The number of carbonyl (C=O) groups is 1. The molecular formula is C16H25N3O. The molecule has 1 amide bonds. The summed E-state index contributed by atoms with van der Waals surface area (Å²) in [6.45, 7) is 4.21. The molecule has 1 unspecified atom stereocenters. The van der Waals surface area contributed by atoms with Crippen LogP contribution in [-0.2, 0) is 6.42 Å². The number of hydrogen-bond acceptors (Lipinski definition) is 3. The lowest BCUT2D eigenvalue weighted by molar-refractivity contribution is 0.0932. The molecule has 1 aliphatic carbocycles. The number of amides is 1. The molecule has 3 N–H and O–H groups in total. The molecule has 1 aromatic heterocycles. The SMILES string of the molecule is CCCc1cc(C(=O)NC(CC)CC2CC2)cc(N)n1. The largest absolute Gasteiger partial charge is 0.384 e. The van der Waals surface area contributed by atoms with Crippen molar-refractivity contribution in [2.45, 2.75) is 58.4 Å². The minimum Gasteiger partial charge on any atom is -0.384 e. The number of aryl methyl sites for hydroxylation is 1. The van der Waals surface area contributed by atoms with Gasteiger partial charge in [0.1, 0.15) is 5.82 Å². The first-order valence-corrected chi connectivity index (χ1v) is 7.69. The van der Waals surface area contributed by atoms with Crippen LogP contribution in [0.3, 0.4) is 0 Å². The number of hydrogen-bond donors (Lipinski definition) is 2. The highest BCUT2D eigenvalue weighted by Crippen LogP contribution is 2.34. The number of nitrogens with one attached hydrogen (secondary N) is 1. The number of carbonyl (C=O) groups excluding carboxylic acids is 1. The molecule has 1 atom stereocenters. The molecule has 0 aromatic carbocycles. The van der Waals surface area contributed by atoms with Crippen molar-refractivity contribution in [3.63, 3.8) is 0 Å².